The number of aryl methyl sites for hydroxylation is 2. The van der Waals surface area contributed by atoms with Crippen molar-refractivity contribution in [2.45, 2.75) is 26.9 Å². The molecule has 0 aliphatic rings. The van der Waals surface area contributed by atoms with Crippen LogP contribution in [0.25, 0.3) is 0 Å². The van der Waals surface area contributed by atoms with Crippen molar-refractivity contribution in [2.75, 3.05) is 5.32 Å². The molecule has 0 unspecified atom stereocenters. The largest absolute Gasteiger partial charge is 0.345 e. The van der Waals surface area contributed by atoms with Gasteiger partial charge in [0.15, 0.2) is 0 Å². The first-order chi connectivity index (χ1) is 12.5. The number of carbonyl (C=O) groups is 1. The SMILES string of the molecule is Cc1ccc(NC(=O)NCc2cccn2Cc2ccccc2C)cc1Cl. The van der Waals surface area contributed by atoms with Gasteiger partial charge in [0.1, 0.15) is 0 Å². The number of halogens is 1. The van der Waals surface area contributed by atoms with Gasteiger partial charge in [0.2, 0.25) is 0 Å². The van der Waals surface area contributed by atoms with Crippen LogP contribution in [0.15, 0.2) is 60.8 Å². The number of nitrogens with one attached hydrogen (secondary N) is 2. The van der Waals surface area contributed by atoms with Crippen molar-refractivity contribution in [3.8, 4) is 0 Å². The fraction of sp³-hybridized carbons (Fsp3) is 0.190. The highest BCUT2D eigenvalue weighted by Gasteiger charge is 2.07. The Bertz CT molecular complexity index is 917. The Morgan fingerprint density at radius 2 is 1.85 bits per heavy atom. The number of aromatic nitrogens is 1. The molecule has 2 amide bonds. The quantitative estimate of drug-likeness (QED) is 0.645. The molecular formula is C21H22ClN3O. The minimum absolute atomic E-state index is 0.256. The van der Waals surface area contributed by atoms with Crippen LogP contribution in [-0.4, -0.2) is 10.6 Å². The molecule has 2 aromatic carbocycles. The molecule has 1 heterocycles. The van der Waals surface area contributed by atoms with Gasteiger partial charge in [0, 0.05) is 29.1 Å². The minimum atomic E-state index is -0.256. The van der Waals surface area contributed by atoms with E-state index in [4.69, 9.17) is 11.6 Å². The number of hydrogen-bond donors (Lipinski definition) is 2. The van der Waals surface area contributed by atoms with Gasteiger partial charge in [0.25, 0.3) is 0 Å². The number of amides is 2. The van der Waals surface area contributed by atoms with Gasteiger partial charge in [-0.25, -0.2) is 4.79 Å². The standard InChI is InChI=1S/C21H22ClN3O/c1-15-6-3-4-7-17(15)14-25-11-5-8-19(25)13-23-21(26)24-18-10-9-16(2)20(22)12-18/h3-12H,13-14H2,1-2H3,(H2,23,24,26). The smallest absolute Gasteiger partial charge is 0.319 e. The topological polar surface area (TPSA) is 46.1 Å². The molecule has 0 saturated heterocycles. The molecule has 26 heavy (non-hydrogen) atoms. The van der Waals surface area contributed by atoms with Crippen molar-refractivity contribution in [1.29, 1.82) is 0 Å². The van der Waals surface area contributed by atoms with E-state index >= 15 is 0 Å². The third-order valence-electron chi connectivity index (χ3n) is 4.39. The average molecular weight is 368 g/mol. The van der Waals surface area contributed by atoms with Crippen LogP contribution in [0.4, 0.5) is 10.5 Å². The van der Waals surface area contributed by atoms with Gasteiger partial charge >= 0.3 is 6.03 Å². The maximum atomic E-state index is 12.2. The van der Waals surface area contributed by atoms with E-state index in [1.807, 2.05) is 49.5 Å². The Balaban J connectivity index is 1.60. The van der Waals surface area contributed by atoms with Crippen molar-refractivity contribution in [1.82, 2.24) is 9.88 Å². The molecule has 134 valence electrons. The zero-order valence-corrected chi connectivity index (χ0v) is 15.7. The molecule has 5 heteroatoms. The first-order valence-corrected chi connectivity index (χ1v) is 8.90. The van der Waals surface area contributed by atoms with Crippen LogP contribution >= 0.6 is 11.6 Å². The molecule has 0 saturated carbocycles. The highest BCUT2D eigenvalue weighted by Crippen LogP contribution is 2.19. The third-order valence-corrected chi connectivity index (χ3v) is 4.79. The third kappa shape index (κ3) is 4.46. The summed E-state index contributed by atoms with van der Waals surface area (Å²) >= 11 is 6.09. The van der Waals surface area contributed by atoms with Crippen LogP contribution < -0.4 is 10.6 Å². The number of nitrogens with zero attached hydrogens (tertiary/aromatic N) is 1. The number of carbonyl (C=O) groups excluding carboxylic acids is 1. The van der Waals surface area contributed by atoms with Crippen molar-refractivity contribution >= 4 is 23.3 Å². The zero-order chi connectivity index (χ0) is 18.5. The van der Waals surface area contributed by atoms with Crippen molar-refractivity contribution < 1.29 is 4.79 Å². The fourth-order valence-corrected chi connectivity index (χ4v) is 2.93. The Morgan fingerprint density at radius 1 is 1.04 bits per heavy atom. The summed E-state index contributed by atoms with van der Waals surface area (Å²) in [6, 6.07) is 17.5. The first kappa shape index (κ1) is 18.1. The van der Waals surface area contributed by atoms with Crippen LogP contribution in [0.2, 0.25) is 5.02 Å². The van der Waals surface area contributed by atoms with Crippen LogP contribution in [0, 0.1) is 13.8 Å². The molecule has 0 spiro atoms. The maximum absolute atomic E-state index is 12.2. The van der Waals surface area contributed by atoms with E-state index in [9.17, 15) is 4.79 Å². The van der Waals surface area contributed by atoms with Crippen LogP contribution in [-0.2, 0) is 13.1 Å². The first-order valence-electron chi connectivity index (χ1n) is 8.52. The highest BCUT2D eigenvalue weighted by molar-refractivity contribution is 6.31. The van der Waals surface area contributed by atoms with Crippen LogP contribution in [0.1, 0.15) is 22.4 Å². The number of anilines is 1. The second kappa shape index (κ2) is 8.11. The van der Waals surface area contributed by atoms with E-state index in [1.54, 1.807) is 6.07 Å². The normalized spacial score (nSPS) is 10.6. The summed E-state index contributed by atoms with van der Waals surface area (Å²) in [6.07, 6.45) is 2.03. The molecule has 0 aliphatic carbocycles. The number of rotatable bonds is 5. The summed E-state index contributed by atoms with van der Waals surface area (Å²) in [5.74, 6) is 0. The van der Waals surface area contributed by atoms with Gasteiger partial charge in [-0.05, 0) is 54.8 Å². The van der Waals surface area contributed by atoms with E-state index in [2.05, 4.69) is 34.3 Å². The summed E-state index contributed by atoms with van der Waals surface area (Å²) in [7, 11) is 0. The van der Waals surface area contributed by atoms with Gasteiger partial charge < -0.3 is 15.2 Å². The predicted molar refractivity (Wildman–Crippen MR) is 107 cm³/mol. The van der Waals surface area contributed by atoms with Crippen LogP contribution in [0.5, 0.6) is 0 Å². The Hall–Kier alpha value is -2.72. The van der Waals surface area contributed by atoms with Crippen molar-refractivity contribution in [3.05, 3.63) is 88.2 Å². The Kier molecular flexibility index (Phi) is 5.64. The lowest BCUT2D eigenvalue weighted by Crippen LogP contribution is -2.29. The lowest BCUT2D eigenvalue weighted by Gasteiger charge is -2.13. The molecule has 0 atom stereocenters. The second-order valence-electron chi connectivity index (χ2n) is 6.33. The summed E-state index contributed by atoms with van der Waals surface area (Å²) < 4.78 is 2.14. The molecular weight excluding hydrogens is 346 g/mol. The van der Waals surface area contributed by atoms with E-state index in [-0.39, 0.29) is 6.03 Å². The number of benzene rings is 2. The van der Waals surface area contributed by atoms with Crippen molar-refractivity contribution in [3.63, 3.8) is 0 Å². The zero-order valence-electron chi connectivity index (χ0n) is 14.9. The van der Waals surface area contributed by atoms with E-state index in [0.717, 1.165) is 17.8 Å². The molecule has 3 aromatic rings. The van der Waals surface area contributed by atoms with Crippen LogP contribution in [0.3, 0.4) is 0 Å². The Labute approximate surface area is 158 Å². The molecule has 1 aromatic heterocycles. The van der Waals surface area contributed by atoms with E-state index < -0.39 is 0 Å². The Morgan fingerprint density at radius 3 is 2.62 bits per heavy atom. The monoisotopic (exact) mass is 367 g/mol. The lowest BCUT2D eigenvalue weighted by molar-refractivity contribution is 0.251. The summed E-state index contributed by atoms with van der Waals surface area (Å²) in [5, 5.41) is 6.34. The van der Waals surface area contributed by atoms with Gasteiger partial charge in [-0.3, -0.25) is 0 Å². The second-order valence-corrected chi connectivity index (χ2v) is 6.73. The molecule has 0 bridgehead atoms. The van der Waals surface area contributed by atoms with Crippen molar-refractivity contribution in [2.24, 2.45) is 0 Å². The average Bonchev–Trinajstić information content (AvgIpc) is 3.05. The fourth-order valence-electron chi connectivity index (χ4n) is 2.75. The van der Waals surface area contributed by atoms with Gasteiger partial charge in [-0.2, -0.15) is 0 Å². The molecule has 4 nitrogen and oxygen atoms in total. The molecule has 0 fully saturated rings. The minimum Gasteiger partial charge on any atom is -0.345 e. The highest BCUT2D eigenvalue weighted by atomic mass is 35.5. The van der Waals surface area contributed by atoms with Gasteiger partial charge in [0.05, 0.1) is 6.54 Å². The number of urea groups is 1. The van der Waals surface area contributed by atoms with E-state index in [0.29, 0.717) is 17.3 Å². The molecule has 0 radical (unpaired) electrons. The van der Waals surface area contributed by atoms with E-state index in [1.165, 1.54) is 11.1 Å². The maximum Gasteiger partial charge on any atom is 0.319 e. The summed E-state index contributed by atoms with van der Waals surface area (Å²) in [5.41, 5.74) is 5.23. The molecule has 2 N–H and O–H groups in total. The molecule has 3 rings (SSSR count). The van der Waals surface area contributed by atoms with Gasteiger partial charge in [-0.15, -0.1) is 0 Å². The summed E-state index contributed by atoms with van der Waals surface area (Å²) in [6.45, 7) is 5.27. The number of hydrogen-bond acceptors (Lipinski definition) is 1. The summed E-state index contributed by atoms with van der Waals surface area (Å²) in [4.78, 5) is 12.2. The van der Waals surface area contributed by atoms with Gasteiger partial charge in [-0.1, -0.05) is 41.9 Å². The molecule has 0 aliphatic heterocycles. The lowest BCUT2D eigenvalue weighted by atomic mass is 10.1. The predicted octanol–water partition coefficient (Wildman–Crippen LogP) is 5.13.